The number of nitriles is 1. The molecule has 0 aromatic carbocycles. The zero-order valence-corrected chi connectivity index (χ0v) is 24.9. The maximum atomic E-state index is 14.6. The van der Waals surface area contributed by atoms with Crippen LogP contribution in [0.5, 0.6) is 0 Å². The average molecular weight is 530 g/mol. The number of ketones is 2. The molecule has 0 bridgehead atoms. The summed E-state index contributed by atoms with van der Waals surface area (Å²) >= 11 is 0. The van der Waals surface area contributed by atoms with Crippen LogP contribution < -0.4 is 0 Å². The first kappa shape index (κ1) is 26.7. The van der Waals surface area contributed by atoms with E-state index in [1.54, 1.807) is 0 Å². The Labute approximate surface area is 232 Å². The second-order valence-corrected chi connectivity index (χ2v) is 15.6. The number of allylic oxidation sites excluding steroid dienone is 4. The molecule has 208 valence electrons. The van der Waals surface area contributed by atoms with Gasteiger partial charge in [0.1, 0.15) is 6.07 Å². The fourth-order valence-corrected chi connectivity index (χ4v) is 10.5. The third kappa shape index (κ3) is 3.19. The van der Waals surface area contributed by atoms with Crippen molar-refractivity contribution in [2.24, 2.45) is 44.8 Å². The first-order chi connectivity index (χ1) is 18.1. The van der Waals surface area contributed by atoms with Crippen LogP contribution in [0.25, 0.3) is 0 Å². The lowest BCUT2D eigenvalue weighted by molar-refractivity contribution is -0.161. The quantitative estimate of drug-likeness (QED) is 0.395. The van der Waals surface area contributed by atoms with Gasteiger partial charge in [-0.25, -0.2) is 0 Å². The topological polar surface area (TPSA) is 96.9 Å². The Bertz CT molecular complexity index is 1390. The number of hydrogen-bond donors (Lipinski definition) is 0. The average Bonchev–Trinajstić information content (AvgIpc) is 3.29. The molecule has 6 nitrogen and oxygen atoms in total. The van der Waals surface area contributed by atoms with Crippen molar-refractivity contribution in [1.82, 2.24) is 10.1 Å². The van der Waals surface area contributed by atoms with Crippen molar-refractivity contribution >= 4 is 11.6 Å². The van der Waals surface area contributed by atoms with E-state index in [2.05, 4.69) is 45.8 Å². The highest BCUT2D eigenvalue weighted by Crippen LogP contribution is 2.74. The summed E-state index contributed by atoms with van der Waals surface area (Å²) < 4.78 is 5.90. The second-order valence-electron chi connectivity index (χ2n) is 15.6. The molecule has 3 fully saturated rings. The van der Waals surface area contributed by atoms with Crippen LogP contribution in [0.15, 0.2) is 27.8 Å². The van der Waals surface area contributed by atoms with Crippen LogP contribution in [0.1, 0.15) is 105 Å². The molecule has 0 spiro atoms. The van der Waals surface area contributed by atoms with Gasteiger partial charge in [0.15, 0.2) is 17.4 Å². The number of nitrogens with zero attached hydrogens (tertiary/aromatic N) is 3. The Kier molecular flexibility index (Phi) is 5.33. The minimum atomic E-state index is -0.650. The van der Waals surface area contributed by atoms with E-state index < -0.39 is 10.8 Å². The number of carbonyl (C=O) groups excluding carboxylic acids is 2. The first-order valence-electron chi connectivity index (χ1n) is 14.8. The largest absolute Gasteiger partial charge is 0.339 e. The number of rotatable bonds is 1. The van der Waals surface area contributed by atoms with Gasteiger partial charge in [-0.05, 0) is 86.0 Å². The lowest BCUT2D eigenvalue weighted by atomic mass is 9.34. The molecule has 0 amide bonds. The van der Waals surface area contributed by atoms with Crippen LogP contribution in [0.3, 0.4) is 0 Å². The number of Topliss-reactive ketones (excluding diaryl/α,β-unsaturated/α-hetero) is 1. The van der Waals surface area contributed by atoms with Crippen molar-refractivity contribution < 1.29 is 14.1 Å². The number of hydrogen-bond acceptors (Lipinski definition) is 6. The van der Waals surface area contributed by atoms with E-state index in [-0.39, 0.29) is 56.6 Å². The lowest BCUT2D eigenvalue weighted by Gasteiger charge is -2.68. The van der Waals surface area contributed by atoms with Gasteiger partial charge in [0.05, 0.1) is 11.0 Å². The van der Waals surface area contributed by atoms with Gasteiger partial charge in [-0.3, -0.25) is 9.59 Å². The van der Waals surface area contributed by atoms with Gasteiger partial charge in [-0.2, -0.15) is 10.2 Å². The van der Waals surface area contributed by atoms with E-state index in [0.29, 0.717) is 5.82 Å². The van der Waals surface area contributed by atoms with E-state index in [0.717, 1.165) is 56.4 Å². The molecule has 0 saturated heterocycles. The number of aromatic nitrogens is 2. The maximum absolute atomic E-state index is 14.6. The van der Waals surface area contributed by atoms with Crippen molar-refractivity contribution in [1.29, 1.82) is 5.26 Å². The Morgan fingerprint density at radius 3 is 2.33 bits per heavy atom. The van der Waals surface area contributed by atoms with Crippen LogP contribution >= 0.6 is 0 Å². The molecule has 6 heteroatoms. The molecule has 0 aliphatic heterocycles. The summed E-state index contributed by atoms with van der Waals surface area (Å²) in [5.74, 6) is 1.56. The number of carbonyl (C=O) groups is 2. The van der Waals surface area contributed by atoms with Gasteiger partial charge >= 0.3 is 0 Å². The summed E-state index contributed by atoms with van der Waals surface area (Å²) in [5, 5.41) is 14.1. The Morgan fingerprint density at radius 1 is 1.00 bits per heavy atom. The van der Waals surface area contributed by atoms with E-state index in [1.807, 2.05) is 32.9 Å². The van der Waals surface area contributed by atoms with E-state index in [1.165, 1.54) is 0 Å². The van der Waals surface area contributed by atoms with Gasteiger partial charge < -0.3 is 4.52 Å². The smallest absolute Gasteiger partial charge is 0.233 e. The Balaban J connectivity index is 1.54. The molecule has 1 aromatic rings. The third-order valence-electron chi connectivity index (χ3n) is 12.8. The molecule has 0 N–H and O–H groups in total. The fraction of sp³-hybridized carbons (Fsp3) is 0.727. The third-order valence-corrected chi connectivity index (χ3v) is 12.8. The summed E-state index contributed by atoms with van der Waals surface area (Å²) in [5.41, 5.74) is -0.382. The van der Waals surface area contributed by atoms with Crippen molar-refractivity contribution in [3.05, 3.63) is 35.0 Å². The highest BCUT2D eigenvalue weighted by atomic mass is 16.5. The Morgan fingerprint density at radius 2 is 1.69 bits per heavy atom. The van der Waals surface area contributed by atoms with E-state index in [4.69, 9.17) is 9.51 Å². The predicted molar refractivity (Wildman–Crippen MR) is 147 cm³/mol. The fourth-order valence-electron chi connectivity index (χ4n) is 10.5. The van der Waals surface area contributed by atoms with Crippen molar-refractivity contribution in [3.8, 4) is 6.07 Å². The van der Waals surface area contributed by atoms with Crippen molar-refractivity contribution in [3.63, 3.8) is 0 Å². The highest BCUT2D eigenvalue weighted by Gasteiger charge is 2.70. The molecule has 39 heavy (non-hydrogen) atoms. The Hall–Kier alpha value is -2.55. The van der Waals surface area contributed by atoms with Crippen LogP contribution in [-0.4, -0.2) is 21.7 Å². The van der Waals surface area contributed by atoms with Gasteiger partial charge in [-0.1, -0.05) is 65.3 Å². The standard InChI is InChI=1S/C33H43N3O3/c1-19-35-27(39-36-19)33-13-11-28(2,3)17-21(33)25-22(37)15-24-30(6)16-20(18-34)26(38)29(4,5)23(30)9-10-31(24,7)32(25,8)12-14-33/h15-16,21,23,25H,9-14,17H2,1-8H3. The first-order valence-corrected chi connectivity index (χ1v) is 14.8. The van der Waals surface area contributed by atoms with Gasteiger partial charge in [0.2, 0.25) is 5.89 Å². The van der Waals surface area contributed by atoms with E-state index >= 15 is 0 Å². The molecule has 6 rings (SSSR count). The summed E-state index contributed by atoms with van der Waals surface area (Å²) in [6.45, 7) is 17.4. The van der Waals surface area contributed by atoms with Crippen LogP contribution in [0.4, 0.5) is 0 Å². The predicted octanol–water partition coefficient (Wildman–Crippen LogP) is 6.85. The maximum Gasteiger partial charge on any atom is 0.233 e. The van der Waals surface area contributed by atoms with E-state index in [9.17, 15) is 14.9 Å². The van der Waals surface area contributed by atoms with Gasteiger partial charge in [0.25, 0.3) is 0 Å². The molecular weight excluding hydrogens is 486 g/mol. The molecule has 3 saturated carbocycles. The number of fused-ring (bicyclic) bond motifs is 7. The monoisotopic (exact) mass is 529 g/mol. The number of aryl methyl sites for hydroxylation is 1. The van der Waals surface area contributed by atoms with Crippen LogP contribution in [0.2, 0.25) is 0 Å². The van der Waals surface area contributed by atoms with Crippen LogP contribution in [-0.2, 0) is 15.0 Å². The lowest BCUT2D eigenvalue weighted by Crippen LogP contribution is -2.65. The zero-order valence-electron chi connectivity index (χ0n) is 24.9. The van der Waals surface area contributed by atoms with Gasteiger partial charge in [0, 0.05) is 16.7 Å². The van der Waals surface area contributed by atoms with Crippen molar-refractivity contribution in [2.45, 2.75) is 106 Å². The zero-order chi connectivity index (χ0) is 28.4. The molecule has 1 aromatic heterocycles. The summed E-state index contributed by atoms with van der Waals surface area (Å²) in [4.78, 5) is 32.6. The minimum absolute atomic E-state index is 0.0551. The molecular formula is C33H43N3O3. The second kappa shape index (κ2) is 7.80. The normalized spacial score (nSPS) is 44.1. The molecule has 7 unspecified atom stereocenters. The summed E-state index contributed by atoms with van der Waals surface area (Å²) in [6, 6.07) is 2.20. The SMILES string of the molecule is Cc1noc(C23CCC(C)(C)CC2C2C(=O)C=C4C5(C)C=C(C#N)C(=O)C(C)(C)C5CCC4(C)C2(C)CC3)n1. The molecule has 1 heterocycles. The van der Waals surface area contributed by atoms with Gasteiger partial charge in [-0.15, -0.1) is 0 Å². The van der Waals surface area contributed by atoms with Crippen LogP contribution in [0, 0.1) is 63.1 Å². The highest BCUT2D eigenvalue weighted by molar-refractivity contribution is 6.04. The van der Waals surface area contributed by atoms with Crippen molar-refractivity contribution in [2.75, 3.05) is 0 Å². The molecule has 0 radical (unpaired) electrons. The molecule has 5 aliphatic rings. The minimum Gasteiger partial charge on any atom is -0.339 e. The summed E-state index contributed by atoms with van der Waals surface area (Å²) in [6.07, 6.45) is 10.6. The molecule has 5 aliphatic carbocycles. The molecule has 7 atom stereocenters. The summed E-state index contributed by atoms with van der Waals surface area (Å²) in [7, 11) is 0.